The number of hydrogen-bond donors (Lipinski definition) is 0. The van der Waals surface area contributed by atoms with Crippen molar-refractivity contribution in [1.29, 1.82) is 0 Å². The average Bonchev–Trinajstić information content (AvgIpc) is 2.81. The third kappa shape index (κ3) is 4.99. The van der Waals surface area contributed by atoms with Crippen LogP contribution in [-0.4, -0.2) is 39.1 Å². The molecule has 0 unspecified atom stereocenters. The maximum Gasteiger partial charge on any atom is 0.495 e. The Hall–Kier alpha value is -2.03. The van der Waals surface area contributed by atoms with Crippen molar-refractivity contribution in [2.45, 2.75) is 63.7 Å². The standard InChI is InChI=1S/C22H29BO6S/c1-15(2)26-18-12-16(23-28-21(3,4)22(5,6)29-23)13-19(14-18)27-17-8-10-20(11-9-17)30(7,24)25/h8-15H,1-7H3. The predicted molar refractivity (Wildman–Crippen MR) is 118 cm³/mol. The Morgan fingerprint density at radius 3 is 1.90 bits per heavy atom. The Morgan fingerprint density at radius 2 is 1.40 bits per heavy atom. The van der Waals surface area contributed by atoms with E-state index in [0.717, 1.165) is 5.46 Å². The van der Waals surface area contributed by atoms with Gasteiger partial charge in [0.15, 0.2) is 9.84 Å². The van der Waals surface area contributed by atoms with E-state index in [4.69, 9.17) is 18.8 Å². The second-order valence-electron chi connectivity index (χ2n) is 8.84. The molecule has 2 aromatic carbocycles. The minimum absolute atomic E-state index is 0.0135. The predicted octanol–water partition coefficient (Wildman–Crippen LogP) is 3.97. The lowest BCUT2D eigenvalue weighted by molar-refractivity contribution is 0.00578. The number of benzene rings is 2. The topological polar surface area (TPSA) is 71.1 Å². The molecule has 1 saturated heterocycles. The maximum absolute atomic E-state index is 11.7. The van der Waals surface area contributed by atoms with Gasteiger partial charge in [-0.05, 0) is 83.4 Å². The third-order valence-corrected chi connectivity index (χ3v) is 6.42. The van der Waals surface area contributed by atoms with Crippen LogP contribution in [0.3, 0.4) is 0 Å². The van der Waals surface area contributed by atoms with Crippen LogP contribution in [-0.2, 0) is 19.1 Å². The van der Waals surface area contributed by atoms with Crippen LogP contribution >= 0.6 is 0 Å². The van der Waals surface area contributed by atoms with Crippen molar-refractivity contribution in [2.24, 2.45) is 0 Å². The van der Waals surface area contributed by atoms with Crippen molar-refractivity contribution < 1.29 is 27.2 Å². The summed E-state index contributed by atoms with van der Waals surface area (Å²) in [5.74, 6) is 1.70. The van der Waals surface area contributed by atoms with Crippen molar-refractivity contribution in [2.75, 3.05) is 6.26 Å². The van der Waals surface area contributed by atoms with E-state index in [9.17, 15) is 8.42 Å². The second-order valence-corrected chi connectivity index (χ2v) is 10.9. The van der Waals surface area contributed by atoms with Gasteiger partial charge in [0.2, 0.25) is 0 Å². The van der Waals surface area contributed by atoms with E-state index in [-0.39, 0.29) is 11.0 Å². The van der Waals surface area contributed by atoms with Gasteiger partial charge in [0.1, 0.15) is 17.2 Å². The van der Waals surface area contributed by atoms with Gasteiger partial charge in [0, 0.05) is 12.3 Å². The van der Waals surface area contributed by atoms with E-state index in [1.165, 1.54) is 18.4 Å². The summed E-state index contributed by atoms with van der Waals surface area (Å²) < 4.78 is 47.5. The molecule has 1 aliphatic rings. The fourth-order valence-electron chi connectivity index (χ4n) is 3.00. The van der Waals surface area contributed by atoms with E-state index < -0.39 is 28.2 Å². The van der Waals surface area contributed by atoms with Gasteiger partial charge in [0.05, 0.1) is 22.2 Å². The van der Waals surface area contributed by atoms with Gasteiger partial charge in [-0.15, -0.1) is 0 Å². The van der Waals surface area contributed by atoms with Crippen molar-refractivity contribution in [3.63, 3.8) is 0 Å². The van der Waals surface area contributed by atoms with Crippen LogP contribution in [0, 0.1) is 0 Å². The monoisotopic (exact) mass is 432 g/mol. The van der Waals surface area contributed by atoms with Gasteiger partial charge in [-0.1, -0.05) is 0 Å². The van der Waals surface area contributed by atoms with E-state index in [0.29, 0.717) is 17.2 Å². The largest absolute Gasteiger partial charge is 0.495 e. The normalized spacial score (nSPS) is 17.9. The molecule has 0 aliphatic carbocycles. The number of ether oxygens (including phenoxy) is 2. The van der Waals surface area contributed by atoms with Crippen molar-refractivity contribution >= 4 is 22.4 Å². The Morgan fingerprint density at radius 1 is 0.867 bits per heavy atom. The smallest absolute Gasteiger partial charge is 0.491 e. The number of sulfone groups is 1. The fraction of sp³-hybridized carbons (Fsp3) is 0.455. The molecule has 0 atom stereocenters. The van der Waals surface area contributed by atoms with E-state index in [1.807, 2.05) is 53.7 Å². The van der Waals surface area contributed by atoms with Crippen LogP contribution in [0.5, 0.6) is 17.2 Å². The molecule has 0 bridgehead atoms. The van der Waals surface area contributed by atoms with Crippen molar-refractivity contribution in [1.82, 2.24) is 0 Å². The Balaban J connectivity index is 1.92. The first kappa shape index (κ1) is 22.7. The van der Waals surface area contributed by atoms with E-state index in [1.54, 1.807) is 18.2 Å². The van der Waals surface area contributed by atoms with Crippen LogP contribution in [0.2, 0.25) is 0 Å². The lowest BCUT2D eigenvalue weighted by atomic mass is 9.79. The van der Waals surface area contributed by atoms with Crippen LogP contribution < -0.4 is 14.9 Å². The first-order valence-corrected chi connectivity index (χ1v) is 11.8. The molecule has 6 nitrogen and oxygen atoms in total. The van der Waals surface area contributed by atoms with Crippen molar-refractivity contribution in [3.05, 3.63) is 42.5 Å². The molecule has 1 aliphatic heterocycles. The summed E-state index contributed by atoms with van der Waals surface area (Å²) in [6, 6.07) is 11.8. The van der Waals surface area contributed by atoms with Gasteiger partial charge in [-0.3, -0.25) is 0 Å². The van der Waals surface area contributed by atoms with Gasteiger partial charge in [-0.2, -0.15) is 0 Å². The summed E-state index contributed by atoms with van der Waals surface area (Å²) in [6.45, 7) is 11.9. The quantitative estimate of drug-likeness (QED) is 0.644. The highest BCUT2D eigenvalue weighted by molar-refractivity contribution is 7.90. The molecule has 8 heteroatoms. The van der Waals surface area contributed by atoms with Gasteiger partial charge in [-0.25, -0.2) is 8.42 Å². The lowest BCUT2D eigenvalue weighted by Crippen LogP contribution is -2.41. The molecule has 3 rings (SSSR count). The van der Waals surface area contributed by atoms with Crippen molar-refractivity contribution in [3.8, 4) is 17.2 Å². The molecule has 0 radical (unpaired) electrons. The Bertz CT molecular complexity index is 996. The van der Waals surface area contributed by atoms with Crippen LogP contribution in [0.4, 0.5) is 0 Å². The zero-order valence-corrected chi connectivity index (χ0v) is 19.4. The average molecular weight is 432 g/mol. The van der Waals surface area contributed by atoms with Crippen LogP contribution in [0.1, 0.15) is 41.5 Å². The highest BCUT2D eigenvalue weighted by Gasteiger charge is 2.51. The van der Waals surface area contributed by atoms with Gasteiger partial charge >= 0.3 is 7.12 Å². The second kappa shape index (κ2) is 7.91. The van der Waals surface area contributed by atoms with Crippen LogP contribution in [0.15, 0.2) is 47.4 Å². The molecular weight excluding hydrogens is 403 g/mol. The summed E-state index contributed by atoms with van der Waals surface area (Å²) in [4.78, 5) is 0.240. The molecular formula is C22H29BO6S. The molecule has 30 heavy (non-hydrogen) atoms. The zero-order chi connectivity index (χ0) is 22.3. The maximum atomic E-state index is 11.7. The van der Waals surface area contributed by atoms with E-state index >= 15 is 0 Å². The first-order chi connectivity index (χ1) is 13.8. The minimum Gasteiger partial charge on any atom is -0.491 e. The molecule has 162 valence electrons. The SMILES string of the molecule is CC(C)Oc1cc(Oc2ccc(S(C)(=O)=O)cc2)cc(B2OC(C)(C)C(C)(C)O2)c1. The zero-order valence-electron chi connectivity index (χ0n) is 18.6. The third-order valence-electron chi connectivity index (χ3n) is 5.29. The lowest BCUT2D eigenvalue weighted by Gasteiger charge is -2.32. The first-order valence-electron chi connectivity index (χ1n) is 9.92. The molecule has 1 fully saturated rings. The Kier molecular flexibility index (Phi) is 5.97. The highest BCUT2D eigenvalue weighted by Crippen LogP contribution is 2.37. The molecule has 0 saturated carbocycles. The Labute approximate surface area is 179 Å². The molecule has 1 heterocycles. The minimum atomic E-state index is -3.26. The number of hydrogen-bond acceptors (Lipinski definition) is 6. The summed E-state index contributed by atoms with van der Waals surface area (Å²) in [5.41, 5.74) is -0.140. The van der Waals surface area contributed by atoms with Gasteiger partial charge in [0.25, 0.3) is 0 Å². The highest BCUT2D eigenvalue weighted by atomic mass is 32.2. The summed E-state index contributed by atoms with van der Waals surface area (Å²) in [7, 11) is -3.82. The fourth-order valence-corrected chi connectivity index (χ4v) is 3.63. The van der Waals surface area contributed by atoms with E-state index in [2.05, 4.69) is 0 Å². The molecule has 0 N–H and O–H groups in total. The number of rotatable bonds is 6. The van der Waals surface area contributed by atoms with Gasteiger partial charge < -0.3 is 18.8 Å². The molecule has 0 amide bonds. The molecule has 0 aromatic heterocycles. The summed E-state index contributed by atoms with van der Waals surface area (Å²) in [6.07, 6.45) is 1.16. The summed E-state index contributed by atoms with van der Waals surface area (Å²) in [5, 5.41) is 0. The molecule has 2 aromatic rings. The van der Waals surface area contributed by atoms with Crippen LogP contribution in [0.25, 0.3) is 0 Å². The molecule has 0 spiro atoms. The summed E-state index contributed by atoms with van der Waals surface area (Å²) >= 11 is 0.